The van der Waals surface area contributed by atoms with Crippen molar-refractivity contribution in [3.8, 4) is 5.40 Å². The molecule has 2 rings (SSSR count). The van der Waals surface area contributed by atoms with Crippen LogP contribution in [0.2, 0.25) is 0 Å². The lowest BCUT2D eigenvalue weighted by Crippen LogP contribution is -2.45. The van der Waals surface area contributed by atoms with E-state index in [-0.39, 0.29) is 16.0 Å². The molecule has 122 valence electrons. The fraction of sp³-hybridized carbons (Fsp3) is 0.125. The van der Waals surface area contributed by atoms with Gasteiger partial charge in [-0.05, 0) is 48.1 Å². The number of hydrogen-bond acceptors (Lipinski definition) is 6. The van der Waals surface area contributed by atoms with Crippen molar-refractivity contribution in [2.45, 2.75) is 6.92 Å². The Kier molecular flexibility index (Phi) is 6.61. The van der Waals surface area contributed by atoms with E-state index in [2.05, 4.69) is 5.43 Å². The van der Waals surface area contributed by atoms with Gasteiger partial charge in [-0.15, -0.1) is 0 Å². The number of hydrogen-bond donors (Lipinski definition) is 1. The number of carbonyl (C=O) groups excluding carboxylic acids is 2. The van der Waals surface area contributed by atoms with Crippen LogP contribution >= 0.6 is 35.7 Å². The molecule has 1 aliphatic heterocycles. The zero-order valence-corrected chi connectivity index (χ0v) is 15.1. The molecule has 1 fully saturated rings. The summed E-state index contributed by atoms with van der Waals surface area (Å²) in [6.45, 7) is 1.89. The number of nitrogens with zero attached hydrogens (tertiary/aromatic N) is 2. The van der Waals surface area contributed by atoms with Crippen molar-refractivity contribution in [1.29, 1.82) is 5.26 Å². The quantitative estimate of drug-likeness (QED) is 0.484. The maximum atomic E-state index is 12.3. The van der Waals surface area contributed by atoms with E-state index >= 15 is 0 Å². The number of thiocyanates is 1. The number of nitriles is 1. The molecule has 5 nitrogen and oxygen atoms in total. The highest BCUT2D eigenvalue weighted by molar-refractivity contribution is 8.26. The van der Waals surface area contributed by atoms with Crippen molar-refractivity contribution in [1.82, 2.24) is 10.4 Å². The van der Waals surface area contributed by atoms with Gasteiger partial charge in [0.1, 0.15) is 5.40 Å². The van der Waals surface area contributed by atoms with Crippen molar-refractivity contribution < 1.29 is 9.59 Å². The van der Waals surface area contributed by atoms with Gasteiger partial charge < -0.3 is 0 Å². The van der Waals surface area contributed by atoms with E-state index in [1.165, 1.54) is 0 Å². The summed E-state index contributed by atoms with van der Waals surface area (Å²) in [7, 11) is 0. The van der Waals surface area contributed by atoms with E-state index < -0.39 is 5.91 Å². The Morgan fingerprint density at radius 2 is 2.17 bits per heavy atom. The summed E-state index contributed by atoms with van der Waals surface area (Å²) in [5, 5.41) is 11.3. The summed E-state index contributed by atoms with van der Waals surface area (Å²) in [4.78, 5) is 24.4. The maximum absolute atomic E-state index is 12.3. The second-order valence-corrected chi connectivity index (χ2v) is 7.17. The average Bonchev–Trinajstić information content (AvgIpc) is 2.81. The van der Waals surface area contributed by atoms with Crippen LogP contribution in [0, 0.1) is 10.7 Å². The molecule has 8 heteroatoms. The molecular weight excluding hydrogens is 362 g/mol. The van der Waals surface area contributed by atoms with Crippen LogP contribution in [0.3, 0.4) is 0 Å². The van der Waals surface area contributed by atoms with E-state index in [9.17, 15) is 9.59 Å². The van der Waals surface area contributed by atoms with Gasteiger partial charge in [0.15, 0.2) is 4.32 Å². The average molecular weight is 376 g/mol. The monoisotopic (exact) mass is 375 g/mol. The summed E-state index contributed by atoms with van der Waals surface area (Å²) in [6, 6.07) is 9.75. The van der Waals surface area contributed by atoms with Gasteiger partial charge in [0.25, 0.3) is 5.91 Å². The van der Waals surface area contributed by atoms with Crippen LogP contribution in [0.25, 0.3) is 6.08 Å². The normalized spacial score (nSPS) is 16.4. The highest BCUT2D eigenvalue weighted by atomic mass is 32.2. The molecule has 1 aromatic rings. The molecule has 0 atom stereocenters. The van der Waals surface area contributed by atoms with Crippen molar-refractivity contribution in [2.75, 3.05) is 5.75 Å². The minimum Gasteiger partial charge on any atom is -0.272 e. The van der Waals surface area contributed by atoms with Gasteiger partial charge in [0, 0.05) is 0 Å². The molecule has 1 heterocycles. The van der Waals surface area contributed by atoms with Gasteiger partial charge in [-0.25, -0.2) is 0 Å². The van der Waals surface area contributed by atoms with E-state index in [1.54, 1.807) is 11.5 Å². The molecule has 1 aromatic carbocycles. The molecule has 1 saturated heterocycles. The molecule has 0 aromatic heterocycles. The summed E-state index contributed by atoms with van der Waals surface area (Å²) >= 11 is 7.05. The van der Waals surface area contributed by atoms with E-state index in [0.717, 1.165) is 39.7 Å². The highest BCUT2D eigenvalue weighted by Gasteiger charge is 2.33. The summed E-state index contributed by atoms with van der Waals surface area (Å²) in [5.74, 6) is -0.878. The molecular formula is C16H13N3O2S3. The number of hydrazine groups is 1. The number of amides is 2. The maximum Gasteiger partial charge on any atom is 0.285 e. The van der Waals surface area contributed by atoms with Crippen molar-refractivity contribution in [2.24, 2.45) is 0 Å². The Morgan fingerprint density at radius 1 is 1.46 bits per heavy atom. The lowest BCUT2D eigenvalue weighted by atomic mass is 10.1. The fourth-order valence-corrected chi connectivity index (χ4v) is 3.37. The smallest absolute Gasteiger partial charge is 0.272 e. The largest absolute Gasteiger partial charge is 0.285 e. The second-order valence-electron chi connectivity index (χ2n) is 4.73. The molecule has 1 aliphatic rings. The lowest BCUT2D eigenvalue weighted by Gasteiger charge is -2.14. The zero-order chi connectivity index (χ0) is 17.5. The summed E-state index contributed by atoms with van der Waals surface area (Å²) < 4.78 is 0.258. The molecule has 0 radical (unpaired) electrons. The van der Waals surface area contributed by atoms with Crippen LogP contribution in [0.15, 0.2) is 46.9 Å². The van der Waals surface area contributed by atoms with Crippen LogP contribution in [0.4, 0.5) is 0 Å². The minimum atomic E-state index is -0.448. The fourth-order valence-electron chi connectivity index (χ4n) is 1.88. The van der Waals surface area contributed by atoms with Crippen molar-refractivity contribution >= 4 is 58.0 Å². The predicted molar refractivity (Wildman–Crippen MR) is 101 cm³/mol. The third-order valence-corrected chi connectivity index (χ3v) is 4.69. The molecule has 2 amide bonds. The van der Waals surface area contributed by atoms with Gasteiger partial charge in [0.05, 0.1) is 10.7 Å². The van der Waals surface area contributed by atoms with Gasteiger partial charge in [-0.1, -0.05) is 48.2 Å². The number of benzene rings is 1. The summed E-state index contributed by atoms with van der Waals surface area (Å²) in [5.41, 5.74) is 4.34. The molecule has 0 aliphatic carbocycles. The summed E-state index contributed by atoms with van der Waals surface area (Å²) in [6.07, 6.45) is 3.69. The topological polar surface area (TPSA) is 73.2 Å². The van der Waals surface area contributed by atoms with Crippen LogP contribution in [0.1, 0.15) is 12.5 Å². The third kappa shape index (κ3) is 4.96. The van der Waals surface area contributed by atoms with Gasteiger partial charge in [0.2, 0.25) is 5.91 Å². The van der Waals surface area contributed by atoms with Crippen LogP contribution < -0.4 is 5.43 Å². The predicted octanol–water partition coefficient (Wildman–Crippen LogP) is 3.08. The van der Waals surface area contributed by atoms with Crippen LogP contribution in [-0.4, -0.2) is 26.9 Å². The van der Waals surface area contributed by atoms with Crippen molar-refractivity contribution in [3.05, 3.63) is 52.4 Å². The Labute approximate surface area is 153 Å². The first-order valence-electron chi connectivity index (χ1n) is 6.83. The SMILES string of the molecule is CC(/C=C1\SC(=S)N(NC(=O)CSC#N)C1=O)=C\c1ccccc1. The molecule has 0 bridgehead atoms. The van der Waals surface area contributed by atoms with Crippen LogP contribution in [0.5, 0.6) is 0 Å². The number of allylic oxidation sites excluding steroid dienone is 2. The number of carbonyl (C=O) groups is 2. The first kappa shape index (κ1) is 18.3. The lowest BCUT2D eigenvalue weighted by molar-refractivity contribution is -0.131. The third-order valence-electron chi connectivity index (χ3n) is 2.85. The van der Waals surface area contributed by atoms with E-state index in [0.29, 0.717) is 4.91 Å². The van der Waals surface area contributed by atoms with E-state index in [1.807, 2.05) is 43.3 Å². The number of thiocarbonyl (C=S) groups is 1. The molecule has 0 unspecified atom stereocenters. The Balaban J connectivity index is 2.09. The van der Waals surface area contributed by atoms with Gasteiger partial charge >= 0.3 is 0 Å². The second kappa shape index (κ2) is 8.68. The van der Waals surface area contributed by atoms with Gasteiger partial charge in [-0.3, -0.25) is 15.0 Å². The van der Waals surface area contributed by atoms with Crippen molar-refractivity contribution in [3.63, 3.8) is 0 Å². The Bertz CT molecular complexity index is 767. The highest BCUT2D eigenvalue weighted by Crippen LogP contribution is 2.30. The number of nitrogens with one attached hydrogen (secondary N) is 1. The molecule has 0 saturated carbocycles. The number of thioether (sulfide) groups is 2. The van der Waals surface area contributed by atoms with Crippen LogP contribution in [-0.2, 0) is 9.59 Å². The molecule has 24 heavy (non-hydrogen) atoms. The molecule has 1 N–H and O–H groups in total. The Morgan fingerprint density at radius 3 is 2.83 bits per heavy atom. The first-order valence-corrected chi connectivity index (χ1v) is 9.04. The molecule has 0 spiro atoms. The van der Waals surface area contributed by atoms with Gasteiger partial charge in [-0.2, -0.15) is 10.3 Å². The minimum absolute atomic E-state index is 0.0560. The number of rotatable bonds is 5. The standard InChI is InChI=1S/C16H13N3O2S3/c1-11(7-12-5-3-2-4-6-12)8-13-15(21)19(16(22)24-13)18-14(20)9-23-10-17/h2-8H,9H2,1H3,(H,18,20)/b11-7+,13-8-. The zero-order valence-electron chi connectivity index (χ0n) is 12.7. The Hall–Kier alpha value is -2.08. The first-order chi connectivity index (χ1) is 11.5. The van der Waals surface area contributed by atoms with E-state index in [4.69, 9.17) is 17.5 Å².